The molecular weight excluding hydrogens is 771 g/mol. The van der Waals surface area contributed by atoms with E-state index in [0.29, 0.717) is 0 Å². The molecule has 14 rings (SSSR count). The summed E-state index contributed by atoms with van der Waals surface area (Å²) < 4.78 is 2.69. The zero-order valence-electron chi connectivity index (χ0n) is 38.3. The van der Waals surface area contributed by atoms with Gasteiger partial charge in [0.15, 0.2) is 0 Å². The highest BCUT2D eigenvalue weighted by Gasteiger charge is 2.48. The predicted molar refractivity (Wildman–Crippen MR) is 271 cm³/mol. The minimum atomic E-state index is -0.141. The molecule has 0 N–H and O–H groups in total. The Morgan fingerprint density at radius 3 is 1.66 bits per heavy atom. The molecule has 308 valence electrons. The Labute approximate surface area is 377 Å². The molecule has 8 aromatic carbocycles. The normalized spacial score (nSPS) is 16.8. The summed E-state index contributed by atoms with van der Waals surface area (Å²) in [6.07, 6.45) is 0. The van der Waals surface area contributed by atoms with Gasteiger partial charge >= 0.3 is 6.85 Å². The van der Waals surface area contributed by atoms with Gasteiger partial charge in [0, 0.05) is 49.6 Å². The Morgan fingerprint density at radius 2 is 1.02 bits per heavy atom. The van der Waals surface area contributed by atoms with Gasteiger partial charge in [0.2, 0.25) is 0 Å². The largest absolute Gasteiger partial charge is 0.376 e. The summed E-state index contributed by atoms with van der Waals surface area (Å²) in [6, 6.07) is 57.2. The second kappa shape index (κ2) is 11.6. The Bertz CT molecular complexity index is 3620. The van der Waals surface area contributed by atoms with Gasteiger partial charge in [-0.25, -0.2) is 0 Å². The molecule has 2 nitrogen and oxygen atoms in total. The third-order valence-corrected chi connectivity index (χ3v) is 16.7. The van der Waals surface area contributed by atoms with Crippen LogP contribution in [0.2, 0.25) is 0 Å². The molecule has 0 saturated carbocycles. The Balaban J connectivity index is 1.17. The van der Waals surface area contributed by atoms with E-state index in [1.54, 1.807) is 0 Å². The van der Waals surface area contributed by atoms with Gasteiger partial charge in [0.1, 0.15) is 0 Å². The Morgan fingerprint density at radius 1 is 0.453 bits per heavy atom. The zero-order chi connectivity index (χ0) is 43.6. The van der Waals surface area contributed by atoms with E-state index in [9.17, 15) is 0 Å². The van der Waals surface area contributed by atoms with Crippen molar-refractivity contribution in [3.8, 4) is 50.2 Å². The molecule has 0 saturated heterocycles. The van der Waals surface area contributed by atoms with Crippen LogP contribution in [0.3, 0.4) is 0 Å². The molecule has 3 heteroatoms. The van der Waals surface area contributed by atoms with Crippen molar-refractivity contribution in [3.63, 3.8) is 0 Å². The second-order valence-corrected chi connectivity index (χ2v) is 22.1. The van der Waals surface area contributed by atoms with Crippen molar-refractivity contribution >= 4 is 51.0 Å². The summed E-state index contributed by atoms with van der Waals surface area (Å²) in [7, 11) is 0. The fraction of sp³-hybridized carbons (Fsp3) is 0.213. The van der Waals surface area contributed by atoms with Crippen molar-refractivity contribution in [2.45, 2.75) is 84.0 Å². The molecule has 1 aromatic heterocycles. The van der Waals surface area contributed by atoms with E-state index >= 15 is 0 Å². The topological polar surface area (TPSA) is 8.17 Å². The van der Waals surface area contributed by atoms with E-state index in [2.05, 4.69) is 217 Å². The molecule has 9 aromatic rings. The van der Waals surface area contributed by atoms with Crippen molar-refractivity contribution in [1.29, 1.82) is 0 Å². The van der Waals surface area contributed by atoms with Crippen LogP contribution in [0.25, 0.3) is 72.0 Å². The lowest BCUT2D eigenvalue weighted by Gasteiger charge is -2.43. The summed E-state index contributed by atoms with van der Waals surface area (Å²) in [5.74, 6) is 0. The lowest BCUT2D eigenvalue weighted by molar-refractivity contribution is 0.590. The second-order valence-electron chi connectivity index (χ2n) is 22.1. The van der Waals surface area contributed by atoms with Gasteiger partial charge in [-0.15, -0.1) is 0 Å². The molecule has 0 fully saturated rings. The number of fused-ring (bicyclic) bond motifs is 18. The predicted octanol–water partition coefficient (Wildman–Crippen LogP) is 14.2. The highest BCUT2D eigenvalue weighted by Crippen LogP contribution is 2.58. The molecule has 0 unspecified atom stereocenters. The van der Waals surface area contributed by atoms with Gasteiger partial charge in [-0.05, 0) is 131 Å². The number of aromatic nitrogens is 1. The maximum absolute atomic E-state index is 2.74. The van der Waals surface area contributed by atoms with Crippen LogP contribution >= 0.6 is 0 Å². The lowest BCUT2D eigenvalue weighted by atomic mass is 9.43. The first-order valence-corrected chi connectivity index (χ1v) is 23.4. The van der Waals surface area contributed by atoms with E-state index in [0.717, 1.165) is 0 Å². The average Bonchev–Trinajstić information content (AvgIpc) is 3.91. The third kappa shape index (κ3) is 4.26. The summed E-state index contributed by atoms with van der Waals surface area (Å²) in [6.45, 7) is 21.4. The zero-order valence-corrected chi connectivity index (χ0v) is 38.3. The minimum Gasteiger partial charge on any atom is -0.376 e. The van der Waals surface area contributed by atoms with E-state index < -0.39 is 0 Å². The van der Waals surface area contributed by atoms with Gasteiger partial charge in [-0.3, -0.25) is 0 Å². The van der Waals surface area contributed by atoms with Crippen LogP contribution in [0.15, 0.2) is 146 Å². The Hall–Kier alpha value is -6.58. The van der Waals surface area contributed by atoms with Crippen molar-refractivity contribution in [2.24, 2.45) is 0 Å². The number of anilines is 2. The van der Waals surface area contributed by atoms with Crippen molar-refractivity contribution < 1.29 is 0 Å². The first kappa shape index (κ1) is 36.9. The van der Waals surface area contributed by atoms with Gasteiger partial charge in [-0.1, -0.05) is 172 Å². The summed E-state index contributed by atoms with van der Waals surface area (Å²) in [5.41, 5.74) is 29.5. The molecule has 64 heavy (non-hydrogen) atoms. The number of rotatable bonds is 1. The molecular formula is C61H51BN2. The maximum Gasteiger partial charge on any atom is 0.333 e. The molecule has 5 aliphatic rings. The number of hydrogen-bond donors (Lipinski definition) is 0. The molecule has 2 aliphatic heterocycles. The number of hydrogen-bond acceptors (Lipinski definition) is 1. The van der Waals surface area contributed by atoms with Crippen LogP contribution in [-0.4, -0.2) is 11.4 Å². The van der Waals surface area contributed by atoms with Crippen molar-refractivity contribution in [1.82, 2.24) is 4.57 Å². The van der Waals surface area contributed by atoms with E-state index in [-0.39, 0.29) is 28.5 Å². The summed E-state index contributed by atoms with van der Waals surface area (Å²) >= 11 is 0. The highest BCUT2D eigenvalue weighted by molar-refractivity contribution is 6.93. The van der Waals surface area contributed by atoms with Crippen LogP contribution in [-0.2, 0) is 21.7 Å². The number of nitrogens with zero attached hydrogens (tertiary/aromatic N) is 2. The van der Waals surface area contributed by atoms with E-state index in [1.165, 1.54) is 133 Å². The van der Waals surface area contributed by atoms with E-state index in [1.807, 2.05) is 0 Å². The van der Waals surface area contributed by atoms with Crippen molar-refractivity contribution in [3.05, 3.63) is 185 Å². The third-order valence-electron chi connectivity index (χ3n) is 16.7. The maximum atomic E-state index is 2.74. The molecule has 3 aliphatic carbocycles. The molecule has 3 heterocycles. The first-order chi connectivity index (χ1) is 30.7. The van der Waals surface area contributed by atoms with Crippen LogP contribution < -0.4 is 15.7 Å². The average molecular weight is 823 g/mol. The van der Waals surface area contributed by atoms with Gasteiger partial charge < -0.3 is 9.38 Å². The van der Waals surface area contributed by atoms with Crippen LogP contribution in [0, 0.1) is 0 Å². The van der Waals surface area contributed by atoms with Gasteiger partial charge in [-0.2, -0.15) is 0 Å². The van der Waals surface area contributed by atoms with Crippen LogP contribution in [0.4, 0.5) is 11.4 Å². The fourth-order valence-corrected chi connectivity index (χ4v) is 13.5. The molecule has 0 atom stereocenters. The summed E-state index contributed by atoms with van der Waals surface area (Å²) in [4.78, 5) is 2.74. The highest BCUT2D eigenvalue weighted by atomic mass is 15.1. The SMILES string of the molecule is CC(C)(C)c1ccc(N2B3c4cc5c(cc4-n4c6ccc7c(c6c6ccc(c3c64)-c3cc4c(cc32)C(C)(C)c2ccccc2-4)-c2ccccc2C7(C)C)C(C)(C)c2ccccc2-5)cc1. The molecule has 0 amide bonds. The minimum absolute atomic E-state index is 0.0420. The van der Waals surface area contributed by atoms with Crippen LogP contribution in [0.1, 0.15) is 101 Å². The van der Waals surface area contributed by atoms with Crippen molar-refractivity contribution in [2.75, 3.05) is 4.81 Å². The standard InChI is InChI=1S/C61H51BN2/c1-58(2,3)34-22-24-35(25-23-34)64-52-32-48-41(36-16-10-13-19-44(36)60(48,6)7)30-43(52)38-26-27-40-55-51(29-28-47-54(55)39-18-12-15-21-46(39)59(47,4)5)63-53-33-49-42(31-50(53)62(64)56(38)57(40)63)37-17-11-14-20-45(37)61(49,8)9/h10-33H,1-9H3. The molecule has 0 bridgehead atoms. The molecule has 0 spiro atoms. The molecule has 0 radical (unpaired) electrons. The smallest absolute Gasteiger partial charge is 0.333 e. The quantitative estimate of drug-likeness (QED) is 0.150. The fourth-order valence-electron chi connectivity index (χ4n) is 13.5. The van der Waals surface area contributed by atoms with Crippen LogP contribution in [0.5, 0.6) is 0 Å². The van der Waals surface area contributed by atoms with E-state index in [4.69, 9.17) is 0 Å². The Kier molecular flexibility index (Phi) is 6.66. The first-order valence-electron chi connectivity index (χ1n) is 23.4. The van der Waals surface area contributed by atoms with Gasteiger partial charge in [0.25, 0.3) is 0 Å². The summed E-state index contributed by atoms with van der Waals surface area (Å²) in [5, 5.41) is 2.72. The number of benzene rings is 8. The lowest BCUT2D eigenvalue weighted by Crippen LogP contribution is -2.60. The monoisotopic (exact) mass is 822 g/mol. The van der Waals surface area contributed by atoms with Gasteiger partial charge in [0.05, 0.1) is 11.0 Å².